The lowest BCUT2D eigenvalue weighted by Gasteiger charge is -2.30. The van der Waals surface area contributed by atoms with E-state index < -0.39 is 11.9 Å². The summed E-state index contributed by atoms with van der Waals surface area (Å²) in [6, 6.07) is 2.50. The number of halogens is 3. The molecule has 6 nitrogen and oxygen atoms in total. The van der Waals surface area contributed by atoms with Gasteiger partial charge in [-0.25, -0.2) is 4.98 Å². The molecule has 32 heavy (non-hydrogen) atoms. The zero-order chi connectivity index (χ0) is 23.5. The Labute approximate surface area is 189 Å². The van der Waals surface area contributed by atoms with Crippen LogP contribution in [0.5, 0.6) is 0 Å². The van der Waals surface area contributed by atoms with Crippen LogP contribution in [0.1, 0.15) is 54.0 Å². The Balaban J connectivity index is 1.89. The number of ether oxygens (including phenoxy) is 1. The first-order chi connectivity index (χ1) is 15.2. The summed E-state index contributed by atoms with van der Waals surface area (Å²) >= 11 is 0.967. The number of nitrogens with zero attached hydrogens (tertiary/aromatic N) is 3. The normalized spacial score (nSPS) is 17.1. The second kappa shape index (κ2) is 10.2. The van der Waals surface area contributed by atoms with Crippen molar-refractivity contribution in [2.45, 2.75) is 52.3 Å². The van der Waals surface area contributed by atoms with Crippen LogP contribution in [0.15, 0.2) is 12.1 Å². The quantitative estimate of drug-likeness (QED) is 0.531. The monoisotopic (exact) mass is 471 g/mol. The number of carbonyl (C=O) groups is 2. The molecule has 0 N–H and O–H groups in total. The summed E-state index contributed by atoms with van der Waals surface area (Å²) in [5.41, 5.74) is -0.370. The van der Waals surface area contributed by atoms with Crippen molar-refractivity contribution in [1.82, 2.24) is 14.8 Å². The molecule has 1 unspecified atom stereocenters. The van der Waals surface area contributed by atoms with E-state index in [1.54, 1.807) is 18.7 Å². The van der Waals surface area contributed by atoms with Crippen LogP contribution in [-0.4, -0.2) is 65.5 Å². The van der Waals surface area contributed by atoms with Crippen molar-refractivity contribution < 1.29 is 27.5 Å². The molecule has 0 aliphatic carbocycles. The van der Waals surface area contributed by atoms with Gasteiger partial charge in [-0.3, -0.25) is 14.5 Å². The highest BCUT2D eigenvalue weighted by Crippen LogP contribution is 2.35. The average molecular weight is 472 g/mol. The second-order valence-electron chi connectivity index (χ2n) is 7.83. The highest BCUT2D eigenvalue weighted by molar-refractivity contribution is 7.20. The minimum Gasteiger partial charge on any atom is -0.466 e. The van der Waals surface area contributed by atoms with E-state index in [9.17, 15) is 22.8 Å². The van der Waals surface area contributed by atoms with Gasteiger partial charge in [0.2, 0.25) is 0 Å². The number of esters is 1. The maximum atomic E-state index is 13.5. The fourth-order valence-electron chi connectivity index (χ4n) is 4.11. The van der Waals surface area contributed by atoms with Gasteiger partial charge in [0.25, 0.3) is 5.91 Å². The maximum absolute atomic E-state index is 13.5. The van der Waals surface area contributed by atoms with Crippen LogP contribution in [0, 0.1) is 6.92 Å². The van der Waals surface area contributed by atoms with E-state index in [4.69, 9.17) is 4.74 Å². The van der Waals surface area contributed by atoms with E-state index in [2.05, 4.69) is 16.8 Å². The molecule has 1 fully saturated rings. The Morgan fingerprint density at radius 3 is 2.72 bits per heavy atom. The fourth-order valence-corrected chi connectivity index (χ4v) is 5.26. The number of hydrogen-bond donors (Lipinski definition) is 0. The number of aryl methyl sites for hydroxylation is 1. The molecule has 2 aromatic rings. The summed E-state index contributed by atoms with van der Waals surface area (Å²) < 4.78 is 44.2. The first-order valence-electron chi connectivity index (χ1n) is 10.8. The number of thiophene rings is 1. The van der Waals surface area contributed by atoms with Gasteiger partial charge >= 0.3 is 12.1 Å². The Bertz CT molecular complexity index is 976. The number of amides is 1. The van der Waals surface area contributed by atoms with Crippen molar-refractivity contribution in [2.75, 3.05) is 32.8 Å². The molecule has 0 bridgehead atoms. The van der Waals surface area contributed by atoms with Gasteiger partial charge in [0.05, 0.1) is 17.9 Å². The number of hydrogen-bond acceptors (Lipinski definition) is 6. The van der Waals surface area contributed by atoms with Crippen molar-refractivity contribution in [3.63, 3.8) is 0 Å². The predicted octanol–water partition coefficient (Wildman–Crippen LogP) is 4.50. The summed E-state index contributed by atoms with van der Waals surface area (Å²) in [4.78, 5) is 33.6. The summed E-state index contributed by atoms with van der Waals surface area (Å²) in [6.45, 7) is 8.27. The lowest BCUT2D eigenvalue weighted by Crippen LogP contribution is -2.43. The van der Waals surface area contributed by atoms with Crippen LogP contribution in [-0.2, 0) is 15.7 Å². The van der Waals surface area contributed by atoms with Crippen LogP contribution in [0.25, 0.3) is 10.2 Å². The predicted molar refractivity (Wildman–Crippen MR) is 117 cm³/mol. The van der Waals surface area contributed by atoms with E-state index in [1.807, 2.05) is 0 Å². The standard InChI is InChI=1S/C22H28F3N3O3S/c1-4-27-11-6-7-15(27)13-28(12-10-18(29)31-5-2)21(30)19-14(3)16-8-9-17(22(23,24)25)26-20(16)32-19/h8-9,15H,4-7,10-13H2,1-3H3. The first-order valence-corrected chi connectivity index (χ1v) is 11.6. The average Bonchev–Trinajstić information content (AvgIpc) is 3.33. The molecule has 0 radical (unpaired) electrons. The Morgan fingerprint density at radius 2 is 2.06 bits per heavy atom. The third kappa shape index (κ3) is 5.40. The summed E-state index contributed by atoms with van der Waals surface area (Å²) in [6.07, 6.45) is -2.48. The number of rotatable bonds is 8. The van der Waals surface area contributed by atoms with Crippen molar-refractivity contribution in [3.8, 4) is 0 Å². The van der Waals surface area contributed by atoms with Crippen LogP contribution >= 0.6 is 11.3 Å². The number of alkyl halides is 3. The zero-order valence-corrected chi connectivity index (χ0v) is 19.3. The smallest absolute Gasteiger partial charge is 0.433 e. The van der Waals surface area contributed by atoms with Gasteiger partial charge in [0.1, 0.15) is 10.5 Å². The van der Waals surface area contributed by atoms with E-state index in [0.29, 0.717) is 22.4 Å². The molecule has 1 aliphatic rings. The molecule has 1 saturated heterocycles. The number of aromatic nitrogens is 1. The topological polar surface area (TPSA) is 62.7 Å². The van der Waals surface area contributed by atoms with Gasteiger partial charge in [-0.05, 0) is 57.5 Å². The van der Waals surface area contributed by atoms with E-state index in [1.165, 1.54) is 6.07 Å². The van der Waals surface area contributed by atoms with Crippen LogP contribution in [0.3, 0.4) is 0 Å². The van der Waals surface area contributed by atoms with E-state index in [0.717, 1.165) is 43.3 Å². The highest BCUT2D eigenvalue weighted by atomic mass is 32.1. The molecule has 1 atom stereocenters. The minimum atomic E-state index is -4.55. The Kier molecular flexibility index (Phi) is 7.76. The second-order valence-corrected chi connectivity index (χ2v) is 8.83. The number of carbonyl (C=O) groups excluding carboxylic acids is 2. The van der Waals surface area contributed by atoms with E-state index >= 15 is 0 Å². The molecular weight excluding hydrogens is 443 g/mol. The Morgan fingerprint density at radius 1 is 1.31 bits per heavy atom. The van der Waals surface area contributed by atoms with Crippen molar-refractivity contribution in [1.29, 1.82) is 0 Å². The van der Waals surface area contributed by atoms with Crippen LogP contribution < -0.4 is 0 Å². The largest absolute Gasteiger partial charge is 0.466 e. The highest BCUT2D eigenvalue weighted by Gasteiger charge is 2.34. The van der Waals surface area contributed by atoms with Crippen molar-refractivity contribution in [3.05, 3.63) is 28.3 Å². The van der Waals surface area contributed by atoms with Gasteiger partial charge in [-0.2, -0.15) is 13.2 Å². The molecular formula is C22H28F3N3O3S. The molecule has 176 valence electrons. The van der Waals surface area contributed by atoms with Gasteiger partial charge in [-0.1, -0.05) is 6.92 Å². The van der Waals surface area contributed by atoms with Crippen molar-refractivity contribution in [2.24, 2.45) is 0 Å². The maximum Gasteiger partial charge on any atom is 0.433 e. The lowest BCUT2D eigenvalue weighted by molar-refractivity contribution is -0.143. The molecule has 3 rings (SSSR count). The Hall–Kier alpha value is -2.20. The molecule has 2 aromatic heterocycles. The van der Waals surface area contributed by atoms with Gasteiger partial charge in [0, 0.05) is 24.5 Å². The van der Waals surface area contributed by atoms with Crippen molar-refractivity contribution >= 4 is 33.4 Å². The fraction of sp³-hybridized carbons (Fsp3) is 0.591. The number of likely N-dealkylation sites (tertiary alicyclic amines) is 1. The summed E-state index contributed by atoms with van der Waals surface area (Å²) in [7, 11) is 0. The number of fused-ring (bicyclic) bond motifs is 1. The molecule has 0 saturated carbocycles. The molecule has 0 spiro atoms. The van der Waals surface area contributed by atoms with Gasteiger partial charge in [-0.15, -0.1) is 11.3 Å². The molecule has 3 heterocycles. The first kappa shape index (κ1) is 24.4. The van der Waals surface area contributed by atoms with Gasteiger partial charge < -0.3 is 9.64 Å². The summed E-state index contributed by atoms with van der Waals surface area (Å²) in [5, 5.41) is 0.535. The van der Waals surface area contributed by atoms with Crippen LogP contribution in [0.4, 0.5) is 13.2 Å². The number of likely N-dealkylation sites (N-methyl/N-ethyl adjacent to an activating group) is 1. The van der Waals surface area contributed by atoms with Gasteiger partial charge in [0.15, 0.2) is 0 Å². The third-order valence-corrected chi connectivity index (χ3v) is 6.99. The SMILES string of the molecule is CCOC(=O)CCN(CC1CCCN1CC)C(=O)c1sc2nc(C(F)(F)F)ccc2c1C. The molecule has 0 aromatic carbocycles. The van der Waals surface area contributed by atoms with E-state index in [-0.39, 0.29) is 42.3 Å². The molecule has 1 amide bonds. The molecule has 10 heteroatoms. The third-order valence-electron chi connectivity index (χ3n) is 5.80. The van der Waals surface area contributed by atoms with Crippen LogP contribution in [0.2, 0.25) is 0 Å². The number of pyridine rings is 1. The lowest BCUT2D eigenvalue weighted by atomic mass is 10.1. The molecule has 1 aliphatic heterocycles. The minimum absolute atomic E-state index is 0.0683. The summed E-state index contributed by atoms with van der Waals surface area (Å²) in [5.74, 6) is -0.667. The zero-order valence-electron chi connectivity index (χ0n) is 18.5.